The minimum Gasteiger partial charge on any atom is -0.410 e. The van der Waals surface area contributed by atoms with E-state index in [-0.39, 0.29) is 44.8 Å². The molecule has 0 saturated carbocycles. The first-order chi connectivity index (χ1) is 19.3. The molecular formula is C29H45ClIN5O3SSi2. The van der Waals surface area contributed by atoms with Crippen LogP contribution in [-0.4, -0.2) is 65.3 Å². The van der Waals surface area contributed by atoms with Gasteiger partial charge < -0.3 is 19.3 Å². The first-order valence-corrected chi connectivity index (χ1v) is 22.6. The molecule has 3 heterocycles. The van der Waals surface area contributed by atoms with E-state index in [2.05, 4.69) is 124 Å². The van der Waals surface area contributed by atoms with Crippen molar-refractivity contribution in [1.82, 2.24) is 19.5 Å². The highest BCUT2D eigenvalue weighted by Crippen LogP contribution is 2.51. The Kier molecular flexibility index (Phi) is 10.2. The standard InChI is InChI=1S/C29H45ClIN5O3SSi2/c1-28(2,3)41(7,8)38-22-20(16-37)40-26(23(22)39-42(9,10)29(4,5)6)36-17-33-21-24(34-27(30)35-25(21)36)32-15-18-12-11-13-19(31)14-18/h11-14,17,20,22-23,26,37H,15-16H2,1-10H3,(H,32,34,35)/t20-,22-,23-,26-/m1/s1. The highest BCUT2D eigenvalue weighted by atomic mass is 127. The first kappa shape index (κ1) is 34.1. The van der Waals surface area contributed by atoms with Crippen LogP contribution in [0.5, 0.6) is 0 Å². The number of anilines is 1. The second-order valence-corrected chi connectivity index (χ2v) is 26.5. The third kappa shape index (κ3) is 7.21. The lowest BCUT2D eigenvalue weighted by atomic mass is 10.1. The molecule has 1 fully saturated rings. The molecule has 3 aromatic rings. The number of aliphatic hydroxyl groups excluding tert-OH is 1. The van der Waals surface area contributed by atoms with Crippen LogP contribution in [-0.2, 0) is 15.4 Å². The fraction of sp³-hybridized carbons (Fsp3) is 0.621. The quantitative estimate of drug-likeness (QED) is 0.129. The summed E-state index contributed by atoms with van der Waals surface area (Å²) >= 11 is 10.5. The van der Waals surface area contributed by atoms with Crippen molar-refractivity contribution in [3.8, 4) is 0 Å². The molecule has 0 amide bonds. The summed E-state index contributed by atoms with van der Waals surface area (Å²) in [4.78, 5) is 13.9. The molecule has 0 spiro atoms. The number of aliphatic hydroxyl groups is 1. The topological polar surface area (TPSA) is 94.3 Å². The number of hydrogen-bond donors (Lipinski definition) is 2. The zero-order chi connectivity index (χ0) is 31.3. The maximum absolute atomic E-state index is 10.6. The molecule has 0 aliphatic carbocycles. The molecule has 2 aromatic heterocycles. The van der Waals surface area contributed by atoms with Crippen LogP contribution in [0.2, 0.25) is 41.5 Å². The van der Waals surface area contributed by atoms with Crippen molar-refractivity contribution in [2.75, 3.05) is 11.9 Å². The average molecular weight is 762 g/mol. The fourth-order valence-corrected chi connectivity index (χ4v) is 9.47. The van der Waals surface area contributed by atoms with Gasteiger partial charge in [0, 0.05) is 10.1 Å². The number of thioether (sulfide) groups is 1. The summed E-state index contributed by atoms with van der Waals surface area (Å²) in [5.74, 6) is 0.584. The number of fused-ring (bicyclic) bond motifs is 1. The number of imidazole rings is 1. The second kappa shape index (κ2) is 12.6. The second-order valence-electron chi connectivity index (χ2n) is 14.1. The van der Waals surface area contributed by atoms with Gasteiger partial charge in [-0.15, -0.1) is 11.8 Å². The van der Waals surface area contributed by atoms with Gasteiger partial charge in [0.15, 0.2) is 33.6 Å². The SMILES string of the molecule is CC(C)(C)[Si](C)(C)O[C@@H]1[C@H](O[Si](C)(C)C(C)(C)C)[C@@H](CO)S[C@H]1n1cnc2c(NCc3cccc(I)c3)nc(Cl)nc21. The Balaban J connectivity index is 1.76. The summed E-state index contributed by atoms with van der Waals surface area (Å²) in [6.07, 6.45) is 1.21. The molecule has 232 valence electrons. The van der Waals surface area contributed by atoms with Crippen molar-refractivity contribution in [2.24, 2.45) is 0 Å². The van der Waals surface area contributed by atoms with Gasteiger partial charge in [0.1, 0.15) is 11.5 Å². The predicted octanol–water partition coefficient (Wildman–Crippen LogP) is 8.08. The number of nitrogens with one attached hydrogen (secondary N) is 1. The summed E-state index contributed by atoms with van der Waals surface area (Å²) < 4.78 is 17.5. The summed E-state index contributed by atoms with van der Waals surface area (Å²) in [5, 5.41) is 13.8. The van der Waals surface area contributed by atoms with E-state index in [0.717, 1.165) is 5.56 Å². The monoisotopic (exact) mass is 761 g/mol. The van der Waals surface area contributed by atoms with E-state index in [1.807, 2.05) is 10.6 Å². The number of hydrogen-bond acceptors (Lipinski definition) is 8. The van der Waals surface area contributed by atoms with Crippen molar-refractivity contribution >= 4 is 79.6 Å². The Morgan fingerprint density at radius 1 is 1.02 bits per heavy atom. The van der Waals surface area contributed by atoms with Crippen LogP contribution in [0.3, 0.4) is 0 Å². The Hall–Kier alpha value is -0.746. The average Bonchev–Trinajstić information content (AvgIpc) is 3.41. The van der Waals surface area contributed by atoms with E-state index in [1.165, 1.54) is 3.57 Å². The number of benzene rings is 1. The summed E-state index contributed by atoms with van der Waals surface area (Å²) in [6, 6.07) is 8.30. The lowest BCUT2D eigenvalue weighted by molar-refractivity contribution is 0.0260. The minimum absolute atomic E-state index is 0.00410. The molecule has 4 rings (SSSR count). The normalized spacial score (nSPS) is 22.2. The zero-order valence-electron chi connectivity index (χ0n) is 26.3. The van der Waals surface area contributed by atoms with E-state index in [1.54, 1.807) is 18.1 Å². The van der Waals surface area contributed by atoms with Crippen LogP contribution >= 0.6 is 46.0 Å². The third-order valence-electron chi connectivity index (χ3n) is 8.96. The van der Waals surface area contributed by atoms with Gasteiger partial charge >= 0.3 is 0 Å². The molecule has 4 atom stereocenters. The molecule has 1 saturated heterocycles. The van der Waals surface area contributed by atoms with Gasteiger partial charge in [0.05, 0.1) is 24.3 Å². The molecule has 1 aromatic carbocycles. The van der Waals surface area contributed by atoms with Crippen LogP contribution < -0.4 is 5.32 Å². The highest BCUT2D eigenvalue weighted by molar-refractivity contribution is 14.1. The van der Waals surface area contributed by atoms with Crippen LogP contribution in [0.4, 0.5) is 5.82 Å². The summed E-state index contributed by atoms with van der Waals surface area (Å²) in [6.45, 7) is 23.1. The molecule has 1 aliphatic rings. The maximum atomic E-state index is 10.6. The smallest absolute Gasteiger partial charge is 0.226 e. The third-order valence-corrected chi connectivity index (χ3v) is 20.3. The summed E-state index contributed by atoms with van der Waals surface area (Å²) in [5.41, 5.74) is 2.41. The lowest BCUT2D eigenvalue weighted by Gasteiger charge is -2.44. The lowest BCUT2D eigenvalue weighted by Crippen LogP contribution is -2.53. The number of halogens is 2. The van der Waals surface area contributed by atoms with E-state index in [4.69, 9.17) is 25.4 Å². The number of nitrogens with zero attached hydrogens (tertiary/aromatic N) is 4. The van der Waals surface area contributed by atoms with Crippen molar-refractivity contribution < 1.29 is 14.0 Å². The van der Waals surface area contributed by atoms with Gasteiger partial charge in [-0.2, -0.15) is 9.97 Å². The molecule has 8 nitrogen and oxygen atoms in total. The molecule has 0 unspecified atom stereocenters. The van der Waals surface area contributed by atoms with Gasteiger partial charge in [-0.1, -0.05) is 53.7 Å². The largest absolute Gasteiger partial charge is 0.410 e. The molecule has 0 radical (unpaired) electrons. The van der Waals surface area contributed by atoms with Gasteiger partial charge in [-0.3, -0.25) is 4.57 Å². The minimum atomic E-state index is -2.24. The van der Waals surface area contributed by atoms with E-state index < -0.39 is 16.6 Å². The molecule has 2 N–H and O–H groups in total. The maximum Gasteiger partial charge on any atom is 0.226 e. The van der Waals surface area contributed by atoms with Gasteiger partial charge in [0.25, 0.3) is 0 Å². The Labute approximate surface area is 275 Å². The molecule has 1 aliphatic heterocycles. The molecule has 13 heteroatoms. The number of rotatable bonds is 9. The van der Waals surface area contributed by atoms with E-state index in [9.17, 15) is 5.11 Å². The Bertz CT molecular complexity index is 1410. The van der Waals surface area contributed by atoms with Crippen molar-refractivity contribution in [2.45, 2.75) is 107 Å². The van der Waals surface area contributed by atoms with Crippen molar-refractivity contribution in [3.63, 3.8) is 0 Å². The molecule has 0 bridgehead atoms. The first-order valence-electron chi connectivity index (χ1n) is 14.3. The van der Waals surface area contributed by atoms with Gasteiger partial charge in [-0.05, 0) is 88.2 Å². The summed E-state index contributed by atoms with van der Waals surface area (Å²) in [7, 11) is -4.43. The van der Waals surface area contributed by atoms with Crippen LogP contribution in [0.1, 0.15) is 52.5 Å². The Morgan fingerprint density at radius 3 is 2.21 bits per heavy atom. The van der Waals surface area contributed by atoms with E-state index >= 15 is 0 Å². The van der Waals surface area contributed by atoms with Crippen molar-refractivity contribution in [3.05, 3.63) is 45.0 Å². The van der Waals surface area contributed by atoms with E-state index in [0.29, 0.717) is 23.5 Å². The van der Waals surface area contributed by atoms with Gasteiger partial charge in [0.2, 0.25) is 5.28 Å². The Morgan fingerprint density at radius 2 is 1.64 bits per heavy atom. The zero-order valence-corrected chi connectivity index (χ0v) is 32.1. The van der Waals surface area contributed by atoms with Crippen LogP contribution in [0.25, 0.3) is 11.2 Å². The number of aromatic nitrogens is 4. The van der Waals surface area contributed by atoms with Crippen molar-refractivity contribution in [1.29, 1.82) is 0 Å². The fourth-order valence-electron chi connectivity index (χ4n) is 4.41. The van der Waals surface area contributed by atoms with Gasteiger partial charge in [-0.25, -0.2) is 4.98 Å². The van der Waals surface area contributed by atoms with Crippen LogP contribution in [0, 0.1) is 3.57 Å². The molecular weight excluding hydrogens is 717 g/mol. The highest BCUT2D eigenvalue weighted by Gasteiger charge is 2.54. The molecule has 42 heavy (non-hydrogen) atoms. The predicted molar refractivity (Wildman–Crippen MR) is 188 cm³/mol. The van der Waals surface area contributed by atoms with Crippen LogP contribution in [0.15, 0.2) is 30.6 Å².